The van der Waals surface area contributed by atoms with E-state index in [2.05, 4.69) is 20.0 Å². The fourth-order valence-electron chi connectivity index (χ4n) is 1.68. The predicted octanol–water partition coefficient (Wildman–Crippen LogP) is 4.07. The molecule has 0 bridgehead atoms. The molecule has 0 fully saturated rings. The van der Waals surface area contributed by atoms with Gasteiger partial charge in [-0.2, -0.15) is 13.2 Å². The monoisotopic (exact) mass is 346 g/mol. The van der Waals surface area contributed by atoms with E-state index in [4.69, 9.17) is 11.6 Å². The Morgan fingerprint density at radius 3 is 2.65 bits per heavy atom. The number of hydrogen-bond acceptors (Lipinski definition) is 5. The molecule has 0 aliphatic rings. The van der Waals surface area contributed by atoms with Crippen molar-refractivity contribution < 1.29 is 22.7 Å². The second kappa shape index (κ2) is 6.69. The lowest BCUT2D eigenvalue weighted by Crippen LogP contribution is -2.16. The number of alkyl halides is 3. The van der Waals surface area contributed by atoms with Crippen LogP contribution in [0.15, 0.2) is 30.6 Å². The number of nitrogens with one attached hydrogen (secondary N) is 2. The van der Waals surface area contributed by atoms with Gasteiger partial charge in [0.15, 0.2) is 5.82 Å². The number of nitrogens with zero attached hydrogens (tertiary/aromatic N) is 2. The molecule has 10 heteroatoms. The largest absolute Gasteiger partial charge is 0.453 e. The highest BCUT2D eigenvalue weighted by Gasteiger charge is 2.34. The first-order chi connectivity index (χ1) is 10.8. The van der Waals surface area contributed by atoms with Crippen molar-refractivity contribution in [3.05, 3.63) is 41.3 Å². The minimum atomic E-state index is -4.63. The topological polar surface area (TPSA) is 76.1 Å². The number of rotatable bonds is 3. The summed E-state index contributed by atoms with van der Waals surface area (Å²) in [4.78, 5) is 18.9. The van der Waals surface area contributed by atoms with Crippen LogP contribution in [0.5, 0.6) is 0 Å². The maximum atomic E-state index is 13.0. The van der Waals surface area contributed by atoms with Crippen LogP contribution in [-0.2, 0) is 10.9 Å². The molecular formula is C13H10ClF3N4O2. The van der Waals surface area contributed by atoms with Crippen LogP contribution in [0.25, 0.3) is 0 Å². The fourth-order valence-corrected chi connectivity index (χ4v) is 1.83. The van der Waals surface area contributed by atoms with Gasteiger partial charge in [0, 0.05) is 5.69 Å². The lowest BCUT2D eigenvalue weighted by atomic mass is 10.1. The van der Waals surface area contributed by atoms with Gasteiger partial charge in [-0.25, -0.2) is 9.78 Å². The number of aromatic nitrogens is 2. The normalized spacial score (nSPS) is 11.0. The molecule has 0 unspecified atom stereocenters. The Labute approximate surface area is 133 Å². The van der Waals surface area contributed by atoms with Gasteiger partial charge in [-0.1, -0.05) is 11.6 Å². The number of methoxy groups -OCH3 is 1. The second-order valence-corrected chi connectivity index (χ2v) is 4.61. The average Bonchev–Trinajstić information content (AvgIpc) is 2.46. The van der Waals surface area contributed by atoms with Gasteiger partial charge in [-0.3, -0.25) is 10.3 Å². The Morgan fingerprint density at radius 1 is 1.30 bits per heavy atom. The van der Waals surface area contributed by atoms with Gasteiger partial charge < -0.3 is 10.1 Å². The van der Waals surface area contributed by atoms with Gasteiger partial charge in [-0.15, -0.1) is 0 Å². The molecule has 2 aromatic rings. The summed E-state index contributed by atoms with van der Waals surface area (Å²) in [6.45, 7) is 0. The Bertz CT molecular complexity index is 725. The fraction of sp³-hybridized carbons (Fsp3) is 0.154. The Balaban J connectivity index is 2.35. The van der Waals surface area contributed by atoms with E-state index < -0.39 is 23.5 Å². The molecule has 1 aromatic heterocycles. The standard InChI is InChI=1S/C13H10ClF3N4O2/c1-23-12(22)20-9-4-7(2-3-8(9)13(15,16)17)19-11-6-18-5-10(14)21-11/h2-6H,1H3,(H,19,21)(H,20,22). The molecule has 0 atom stereocenters. The third-order valence-corrected chi connectivity index (χ3v) is 2.81. The van der Waals surface area contributed by atoms with Crippen LogP contribution in [0.1, 0.15) is 5.56 Å². The predicted molar refractivity (Wildman–Crippen MR) is 77.8 cm³/mol. The van der Waals surface area contributed by atoms with Crippen molar-refractivity contribution in [3.63, 3.8) is 0 Å². The molecule has 23 heavy (non-hydrogen) atoms. The number of carbonyl (C=O) groups excluding carboxylic acids is 1. The van der Waals surface area contributed by atoms with E-state index in [1.54, 1.807) is 0 Å². The smallest absolute Gasteiger partial charge is 0.418 e. The van der Waals surface area contributed by atoms with E-state index in [-0.39, 0.29) is 16.7 Å². The summed E-state index contributed by atoms with van der Waals surface area (Å²) in [6.07, 6.45) is -3.00. The van der Waals surface area contributed by atoms with Gasteiger partial charge in [0.25, 0.3) is 0 Å². The number of anilines is 3. The quantitative estimate of drug-likeness (QED) is 0.876. The van der Waals surface area contributed by atoms with Crippen molar-refractivity contribution in [2.45, 2.75) is 6.18 Å². The number of halogens is 4. The van der Waals surface area contributed by atoms with Crippen LogP contribution in [0, 0.1) is 0 Å². The minimum Gasteiger partial charge on any atom is -0.453 e. The zero-order valence-electron chi connectivity index (χ0n) is 11.6. The van der Waals surface area contributed by atoms with Crippen molar-refractivity contribution in [3.8, 4) is 0 Å². The maximum absolute atomic E-state index is 13.0. The lowest BCUT2D eigenvalue weighted by molar-refractivity contribution is -0.136. The van der Waals surface area contributed by atoms with Crippen molar-refractivity contribution in [1.82, 2.24) is 9.97 Å². The third kappa shape index (κ3) is 4.46. The summed E-state index contributed by atoms with van der Waals surface area (Å²) < 4.78 is 43.2. The summed E-state index contributed by atoms with van der Waals surface area (Å²) in [6, 6.07) is 3.11. The maximum Gasteiger partial charge on any atom is 0.418 e. The molecule has 0 spiro atoms. The third-order valence-electron chi connectivity index (χ3n) is 2.62. The van der Waals surface area contributed by atoms with E-state index in [0.29, 0.717) is 0 Å². The second-order valence-electron chi connectivity index (χ2n) is 4.23. The molecule has 2 rings (SSSR count). The molecule has 0 radical (unpaired) electrons. The molecule has 1 amide bonds. The molecule has 0 saturated heterocycles. The van der Waals surface area contributed by atoms with E-state index in [9.17, 15) is 18.0 Å². The molecule has 0 aliphatic carbocycles. The first-order valence-corrected chi connectivity index (χ1v) is 6.48. The van der Waals surface area contributed by atoms with Gasteiger partial charge in [0.05, 0.1) is 30.8 Å². The van der Waals surface area contributed by atoms with Crippen molar-refractivity contribution >= 4 is 34.9 Å². The van der Waals surface area contributed by atoms with E-state index in [1.807, 2.05) is 5.32 Å². The summed E-state index contributed by atoms with van der Waals surface area (Å²) in [5.74, 6) is 0.237. The highest BCUT2D eigenvalue weighted by atomic mass is 35.5. The molecule has 6 nitrogen and oxygen atoms in total. The molecule has 1 heterocycles. The number of carbonyl (C=O) groups is 1. The van der Waals surface area contributed by atoms with Crippen LogP contribution in [0.3, 0.4) is 0 Å². The Morgan fingerprint density at radius 2 is 2.04 bits per heavy atom. The average molecular weight is 347 g/mol. The highest BCUT2D eigenvalue weighted by Crippen LogP contribution is 2.36. The van der Waals surface area contributed by atoms with Gasteiger partial charge in [0.1, 0.15) is 5.15 Å². The van der Waals surface area contributed by atoms with Crippen LogP contribution >= 0.6 is 11.6 Å². The van der Waals surface area contributed by atoms with Crippen LogP contribution in [0.2, 0.25) is 5.15 Å². The molecule has 0 aliphatic heterocycles. The first kappa shape index (κ1) is 16.8. The Kier molecular flexibility index (Phi) is 4.89. The van der Waals surface area contributed by atoms with Crippen LogP contribution in [0.4, 0.5) is 35.2 Å². The summed E-state index contributed by atoms with van der Waals surface area (Å²) >= 11 is 5.68. The van der Waals surface area contributed by atoms with Crippen molar-refractivity contribution in [2.75, 3.05) is 17.7 Å². The van der Waals surface area contributed by atoms with Gasteiger partial charge in [-0.05, 0) is 18.2 Å². The lowest BCUT2D eigenvalue weighted by Gasteiger charge is -2.15. The highest BCUT2D eigenvalue weighted by molar-refractivity contribution is 6.29. The summed E-state index contributed by atoms with van der Waals surface area (Å²) in [7, 11) is 1.05. The van der Waals surface area contributed by atoms with E-state index in [0.717, 1.165) is 19.2 Å². The summed E-state index contributed by atoms with van der Waals surface area (Å²) in [5, 5.41) is 4.88. The molecular weight excluding hydrogens is 337 g/mol. The number of amides is 1. The Hall–Kier alpha value is -2.55. The summed E-state index contributed by atoms with van der Waals surface area (Å²) in [5.41, 5.74) is -1.21. The van der Waals surface area contributed by atoms with Crippen molar-refractivity contribution in [1.29, 1.82) is 0 Å². The molecule has 122 valence electrons. The van der Waals surface area contributed by atoms with Crippen molar-refractivity contribution in [2.24, 2.45) is 0 Å². The van der Waals surface area contributed by atoms with Crippen LogP contribution in [-0.4, -0.2) is 23.2 Å². The SMILES string of the molecule is COC(=O)Nc1cc(Nc2cncc(Cl)n2)ccc1C(F)(F)F. The number of hydrogen-bond donors (Lipinski definition) is 2. The van der Waals surface area contributed by atoms with E-state index in [1.165, 1.54) is 18.5 Å². The first-order valence-electron chi connectivity index (χ1n) is 6.10. The zero-order chi connectivity index (χ0) is 17.0. The minimum absolute atomic E-state index is 0.120. The van der Waals surface area contributed by atoms with Gasteiger partial charge >= 0.3 is 12.3 Å². The number of benzene rings is 1. The zero-order valence-corrected chi connectivity index (χ0v) is 12.4. The number of ether oxygens (including phenoxy) is 1. The molecule has 0 saturated carbocycles. The van der Waals surface area contributed by atoms with Gasteiger partial charge in [0.2, 0.25) is 0 Å². The molecule has 1 aromatic carbocycles. The van der Waals surface area contributed by atoms with E-state index >= 15 is 0 Å². The van der Waals surface area contributed by atoms with Crippen LogP contribution < -0.4 is 10.6 Å². The molecule has 2 N–H and O–H groups in total.